The Morgan fingerprint density at radius 2 is 1.92 bits per heavy atom. The van der Waals surface area contributed by atoms with Gasteiger partial charge in [-0.05, 0) is 48.2 Å². The fourth-order valence-corrected chi connectivity index (χ4v) is 3.16. The number of halogens is 1. The Hall–Kier alpha value is -2.62. The predicted octanol–water partition coefficient (Wildman–Crippen LogP) is 4.04. The summed E-state index contributed by atoms with van der Waals surface area (Å²) >= 11 is 0. The van der Waals surface area contributed by atoms with E-state index >= 15 is 0 Å². The normalized spacial score (nSPS) is 14.0. The molecule has 0 radical (unpaired) electrons. The lowest BCUT2D eigenvalue weighted by Crippen LogP contribution is -2.33. The monoisotopic (exact) mass is 322 g/mol. The van der Waals surface area contributed by atoms with Crippen LogP contribution in [-0.4, -0.2) is 21.8 Å². The summed E-state index contributed by atoms with van der Waals surface area (Å²) in [5.41, 5.74) is 3.11. The van der Waals surface area contributed by atoms with Crippen LogP contribution in [0.2, 0.25) is 0 Å². The number of amides is 1. The molecular weight excluding hydrogens is 303 g/mol. The first-order valence-corrected chi connectivity index (χ1v) is 8.29. The topological polar surface area (TPSA) is 36.1 Å². The number of benzene rings is 2. The van der Waals surface area contributed by atoms with Crippen molar-refractivity contribution in [2.75, 3.05) is 0 Å². The van der Waals surface area contributed by atoms with Gasteiger partial charge in [0.15, 0.2) is 0 Å². The lowest BCUT2D eigenvalue weighted by molar-refractivity contribution is -0.131. The summed E-state index contributed by atoms with van der Waals surface area (Å²) < 4.78 is 13.0. The second-order valence-corrected chi connectivity index (χ2v) is 6.41. The van der Waals surface area contributed by atoms with Crippen LogP contribution in [0.1, 0.15) is 24.0 Å². The summed E-state index contributed by atoms with van der Waals surface area (Å²) in [6, 6.07) is 14.7. The standard InChI is InChI=1S/C20H19FN2O/c21-16-6-4-14(5-7-16)12-20(24)23(17-8-9-17)13-15-2-1-3-19-18(15)10-11-22-19/h1-7,10-11,17,22H,8-9,12-13H2. The van der Waals surface area contributed by atoms with Gasteiger partial charge in [0.2, 0.25) is 5.91 Å². The number of hydrogen-bond donors (Lipinski definition) is 1. The summed E-state index contributed by atoms with van der Waals surface area (Å²) in [7, 11) is 0. The van der Waals surface area contributed by atoms with Gasteiger partial charge in [-0.1, -0.05) is 24.3 Å². The molecule has 1 aliphatic carbocycles. The first-order chi connectivity index (χ1) is 11.7. The summed E-state index contributed by atoms with van der Waals surface area (Å²) in [5, 5.41) is 1.16. The van der Waals surface area contributed by atoms with E-state index in [0.29, 0.717) is 19.0 Å². The molecule has 4 heteroatoms. The van der Waals surface area contributed by atoms with Crippen molar-refractivity contribution in [2.24, 2.45) is 0 Å². The highest BCUT2D eigenvalue weighted by Gasteiger charge is 2.32. The zero-order valence-electron chi connectivity index (χ0n) is 13.3. The van der Waals surface area contributed by atoms with E-state index in [-0.39, 0.29) is 11.7 Å². The Bertz CT molecular complexity index is 865. The maximum absolute atomic E-state index is 13.0. The van der Waals surface area contributed by atoms with Crippen LogP contribution in [0, 0.1) is 5.82 Å². The molecule has 0 saturated heterocycles. The zero-order valence-corrected chi connectivity index (χ0v) is 13.3. The van der Waals surface area contributed by atoms with Gasteiger partial charge in [0.05, 0.1) is 6.42 Å². The van der Waals surface area contributed by atoms with E-state index in [0.717, 1.165) is 34.9 Å². The molecule has 3 aromatic rings. The van der Waals surface area contributed by atoms with Gasteiger partial charge in [-0.15, -0.1) is 0 Å². The number of hydrogen-bond acceptors (Lipinski definition) is 1. The fourth-order valence-electron chi connectivity index (χ4n) is 3.16. The smallest absolute Gasteiger partial charge is 0.227 e. The van der Waals surface area contributed by atoms with Crippen molar-refractivity contribution >= 4 is 16.8 Å². The van der Waals surface area contributed by atoms with Crippen LogP contribution in [-0.2, 0) is 17.8 Å². The van der Waals surface area contributed by atoms with Crippen molar-refractivity contribution in [3.63, 3.8) is 0 Å². The average Bonchev–Trinajstić information content (AvgIpc) is 3.30. The molecule has 1 amide bonds. The molecule has 0 atom stereocenters. The second kappa shape index (κ2) is 6.11. The molecule has 0 spiro atoms. The molecule has 1 aliphatic rings. The summed E-state index contributed by atoms with van der Waals surface area (Å²) in [6.45, 7) is 0.625. The highest BCUT2D eigenvalue weighted by atomic mass is 19.1. The van der Waals surface area contributed by atoms with Crippen LogP contribution in [0.15, 0.2) is 54.7 Å². The Morgan fingerprint density at radius 3 is 2.67 bits per heavy atom. The van der Waals surface area contributed by atoms with Gasteiger partial charge in [0, 0.05) is 29.7 Å². The first kappa shape index (κ1) is 14.9. The van der Waals surface area contributed by atoms with Gasteiger partial charge in [-0.3, -0.25) is 4.79 Å². The maximum atomic E-state index is 13.0. The number of H-pyrrole nitrogens is 1. The van der Waals surface area contributed by atoms with E-state index in [2.05, 4.69) is 17.1 Å². The number of rotatable bonds is 5. The summed E-state index contributed by atoms with van der Waals surface area (Å²) in [4.78, 5) is 18.0. The minimum atomic E-state index is -0.274. The van der Waals surface area contributed by atoms with E-state index in [9.17, 15) is 9.18 Å². The van der Waals surface area contributed by atoms with Crippen molar-refractivity contribution in [3.05, 3.63) is 71.7 Å². The number of carbonyl (C=O) groups excluding carboxylic acids is 1. The Balaban J connectivity index is 1.55. The minimum Gasteiger partial charge on any atom is -0.361 e. The third kappa shape index (κ3) is 3.04. The zero-order chi connectivity index (χ0) is 16.5. The van der Waals surface area contributed by atoms with Crippen LogP contribution >= 0.6 is 0 Å². The average molecular weight is 322 g/mol. The quantitative estimate of drug-likeness (QED) is 0.756. The van der Waals surface area contributed by atoms with E-state index in [4.69, 9.17) is 0 Å². The number of fused-ring (bicyclic) bond motifs is 1. The summed E-state index contributed by atoms with van der Waals surface area (Å²) in [5.74, 6) is -0.166. The van der Waals surface area contributed by atoms with Gasteiger partial charge < -0.3 is 9.88 Å². The fraction of sp³-hybridized carbons (Fsp3) is 0.250. The maximum Gasteiger partial charge on any atom is 0.227 e. The van der Waals surface area contributed by atoms with Crippen molar-refractivity contribution in [2.45, 2.75) is 31.8 Å². The number of carbonyl (C=O) groups is 1. The molecule has 122 valence electrons. The minimum absolute atomic E-state index is 0.108. The molecule has 0 bridgehead atoms. The lowest BCUT2D eigenvalue weighted by Gasteiger charge is -2.23. The Morgan fingerprint density at radius 1 is 1.12 bits per heavy atom. The largest absolute Gasteiger partial charge is 0.361 e. The third-order valence-corrected chi connectivity index (χ3v) is 4.60. The molecule has 24 heavy (non-hydrogen) atoms. The number of nitrogens with one attached hydrogen (secondary N) is 1. The van der Waals surface area contributed by atoms with Crippen molar-refractivity contribution < 1.29 is 9.18 Å². The van der Waals surface area contributed by atoms with Crippen LogP contribution in [0.4, 0.5) is 4.39 Å². The van der Waals surface area contributed by atoms with Gasteiger partial charge in [-0.2, -0.15) is 0 Å². The summed E-state index contributed by atoms with van der Waals surface area (Å²) in [6.07, 6.45) is 4.38. The van der Waals surface area contributed by atoms with Gasteiger partial charge >= 0.3 is 0 Å². The van der Waals surface area contributed by atoms with E-state index in [1.807, 2.05) is 23.2 Å². The lowest BCUT2D eigenvalue weighted by atomic mass is 10.1. The Labute approximate surface area is 140 Å². The van der Waals surface area contributed by atoms with Gasteiger partial charge in [0.25, 0.3) is 0 Å². The van der Waals surface area contributed by atoms with Gasteiger partial charge in [0.1, 0.15) is 5.82 Å². The van der Waals surface area contributed by atoms with Gasteiger partial charge in [-0.25, -0.2) is 4.39 Å². The number of aromatic nitrogens is 1. The molecule has 3 nitrogen and oxygen atoms in total. The molecule has 1 N–H and O–H groups in total. The second-order valence-electron chi connectivity index (χ2n) is 6.41. The molecule has 0 unspecified atom stereocenters. The molecule has 4 rings (SSSR count). The predicted molar refractivity (Wildman–Crippen MR) is 92.0 cm³/mol. The molecule has 1 saturated carbocycles. The van der Waals surface area contributed by atoms with Crippen LogP contribution in [0.25, 0.3) is 10.9 Å². The molecule has 0 aliphatic heterocycles. The Kier molecular flexibility index (Phi) is 3.81. The highest BCUT2D eigenvalue weighted by Crippen LogP contribution is 2.30. The molecule has 2 aromatic carbocycles. The van der Waals surface area contributed by atoms with E-state index < -0.39 is 0 Å². The number of nitrogens with zero attached hydrogens (tertiary/aromatic N) is 1. The van der Waals surface area contributed by atoms with Crippen molar-refractivity contribution in [3.8, 4) is 0 Å². The van der Waals surface area contributed by atoms with Crippen LogP contribution in [0.5, 0.6) is 0 Å². The first-order valence-electron chi connectivity index (χ1n) is 8.29. The number of aromatic amines is 1. The molecular formula is C20H19FN2O. The van der Waals surface area contributed by atoms with Crippen molar-refractivity contribution in [1.29, 1.82) is 0 Å². The molecule has 1 fully saturated rings. The van der Waals surface area contributed by atoms with Crippen LogP contribution < -0.4 is 0 Å². The van der Waals surface area contributed by atoms with Crippen molar-refractivity contribution in [1.82, 2.24) is 9.88 Å². The highest BCUT2D eigenvalue weighted by molar-refractivity contribution is 5.84. The van der Waals surface area contributed by atoms with E-state index in [1.54, 1.807) is 12.1 Å². The molecule has 1 aromatic heterocycles. The SMILES string of the molecule is O=C(Cc1ccc(F)cc1)N(Cc1cccc2[nH]ccc12)C1CC1. The molecule has 1 heterocycles. The van der Waals surface area contributed by atoms with Crippen LogP contribution in [0.3, 0.4) is 0 Å². The van der Waals surface area contributed by atoms with E-state index in [1.165, 1.54) is 12.1 Å². The third-order valence-electron chi connectivity index (χ3n) is 4.60.